The highest BCUT2D eigenvalue weighted by Gasteiger charge is 2.30. The van der Waals surface area contributed by atoms with Gasteiger partial charge < -0.3 is 4.74 Å². The monoisotopic (exact) mass is 453 g/mol. The van der Waals surface area contributed by atoms with Crippen molar-refractivity contribution in [1.82, 2.24) is 5.01 Å². The molecule has 0 atom stereocenters. The second kappa shape index (κ2) is 9.66. The van der Waals surface area contributed by atoms with Gasteiger partial charge in [0.25, 0.3) is 0 Å². The number of hydrogen-bond donors (Lipinski definition) is 0. The third-order valence-corrected chi connectivity index (χ3v) is 7.02. The predicted molar refractivity (Wildman–Crippen MR) is 119 cm³/mol. The Morgan fingerprint density at radius 1 is 1.10 bits per heavy atom. The highest BCUT2D eigenvalue weighted by Crippen LogP contribution is 2.38. The van der Waals surface area contributed by atoms with E-state index in [1.165, 1.54) is 13.2 Å². The fourth-order valence-corrected chi connectivity index (χ4v) is 5.89. The summed E-state index contributed by atoms with van der Waals surface area (Å²) in [6.45, 7) is 11.3. The Kier molecular flexibility index (Phi) is 7.71. The Bertz CT molecular complexity index is 953. The number of rotatable bonds is 7. The first-order chi connectivity index (χ1) is 14.0. The van der Waals surface area contributed by atoms with Crippen LogP contribution in [-0.4, -0.2) is 39.3 Å². The first kappa shape index (κ1) is 24.0. The van der Waals surface area contributed by atoms with Gasteiger partial charge >= 0.3 is 5.97 Å². The molecule has 0 saturated carbocycles. The maximum atomic E-state index is 14.1. The van der Waals surface area contributed by atoms with E-state index in [2.05, 4.69) is 30.0 Å². The van der Waals surface area contributed by atoms with Gasteiger partial charge in [0.15, 0.2) is 0 Å². The molecular formula is C21H26ClF2N3O2Si. The highest BCUT2D eigenvalue weighted by molar-refractivity contribution is 6.91. The van der Waals surface area contributed by atoms with Crippen molar-refractivity contribution in [2.45, 2.75) is 33.5 Å². The van der Waals surface area contributed by atoms with Gasteiger partial charge in [-0.25, -0.2) is 13.6 Å². The van der Waals surface area contributed by atoms with E-state index in [-0.39, 0.29) is 16.7 Å². The summed E-state index contributed by atoms with van der Waals surface area (Å²) in [4.78, 5) is 12.6. The average molecular weight is 454 g/mol. The van der Waals surface area contributed by atoms with Crippen molar-refractivity contribution >= 4 is 36.5 Å². The number of benzene rings is 2. The molecule has 0 spiro atoms. The first-order valence-electron chi connectivity index (χ1n) is 9.61. The van der Waals surface area contributed by atoms with Crippen LogP contribution in [-0.2, 0) is 4.74 Å². The molecule has 0 amide bonds. The SMILES string of the molecule is CCN(CC)N=Nc1c(-c2cc(F)cc(F)c2)c(C(=O)OC)cc(Cl)c1[Si](C)(C)C. The van der Waals surface area contributed by atoms with Gasteiger partial charge in [-0.3, -0.25) is 5.01 Å². The molecule has 9 heteroatoms. The molecule has 162 valence electrons. The van der Waals surface area contributed by atoms with Crippen molar-refractivity contribution in [1.29, 1.82) is 0 Å². The third-order valence-electron chi connectivity index (χ3n) is 4.56. The van der Waals surface area contributed by atoms with Gasteiger partial charge in [-0.2, -0.15) is 0 Å². The molecule has 0 N–H and O–H groups in total. The van der Waals surface area contributed by atoms with Crippen molar-refractivity contribution < 1.29 is 18.3 Å². The molecule has 2 rings (SSSR count). The molecule has 5 nitrogen and oxygen atoms in total. The molecular weight excluding hydrogens is 428 g/mol. The van der Waals surface area contributed by atoms with E-state index >= 15 is 0 Å². The molecule has 2 aromatic carbocycles. The minimum absolute atomic E-state index is 0.0722. The van der Waals surface area contributed by atoms with E-state index < -0.39 is 25.7 Å². The fraction of sp³-hybridized carbons (Fsp3) is 0.381. The average Bonchev–Trinajstić information content (AvgIpc) is 2.65. The first-order valence-corrected chi connectivity index (χ1v) is 13.5. The zero-order chi connectivity index (χ0) is 22.6. The van der Waals surface area contributed by atoms with Gasteiger partial charge in [-0.15, -0.1) is 5.11 Å². The van der Waals surface area contributed by atoms with E-state index in [0.717, 1.165) is 23.4 Å². The number of esters is 1. The van der Waals surface area contributed by atoms with Crippen LogP contribution in [0.3, 0.4) is 0 Å². The largest absolute Gasteiger partial charge is 0.465 e. The number of hydrogen-bond acceptors (Lipinski definition) is 4. The molecule has 0 radical (unpaired) electrons. The number of nitrogens with zero attached hydrogens (tertiary/aromatic N) is 3. The van der Waals surface area contributed by atoms with Gasteiger partial charge in [0.1, 0.15) is 11.6 Å². The number of halogens is 3. The summed E-state index contributed by atoms with van der Waals surface area (Å²) in [6, 6.07) is 4.57. The quantitative estimate of drug-likeness (QED) is 0.225. The van der Waals surface area contributed by atoms with Crippen molar-refractivity contribution in [2.24, 2.45) is 10.3 Å². The van der Waals surface area contributed by atoms with Crippen molar-refractivity contribution in [3.63, 3.8) is 0 Å². The summed E-state index contributed by atoms with van der Waals surface area (Å²) in [5.74, 6) is -2.22. The van der Waals surface area contributed by atoms with Crippen LogP contribution in [0.15, 0.2) is 34.6 Å². The summed E-state index contributed by atoms with van der Waals surface area (Å²) in [5.41, 5.74) is 0.817. The minimum Gasteiger partial charge on any atom is -0.465 e. The molecule has 0 unspecified atom stereocenters. The molecule has 2 aromatic rings. The molecule has 0 aliphatic carbocycles. The number of methoxy groups -OCH3 is 1. The van der Waals surface area contributed by atoms with Gasteiger partial charge in [-0.1, -0.05) is 36.5 Å². The number of carbonyl (C=O) groups is 1. The summed E-state index contributed by atoms with van der Waals surface area (Å²) in [7, 11) is -0.886. The van der Waals surface area contributed by atoms with Crippen molar-refractivity contribution in [3.8, 4) is 11.1 Å². The number of ether oxygens (including phenoxy) is 1. The zero-order valence-corrected chi connectivity index (χ0v) is 19.8. The standard InChI is InChI=1S/C21H26ClF2N3O2Si/c1-7-27(8-2)26-25-19-18(13-9-14(23)11-15(24)10-13)16(21(28)29-3)12-17(22)20(19)30(4,5)6/h9-12H,7-8H2,1-6H3. The smallest absolute Gasteiger partial charge is 0.338 e. The minimum atomic E-state index is -2.12. The molecule has 0 aliphatic heterocycles. The number of carbonyl (C=O) groups excluding carboxylic acids is 1. The Labute approximate surface area is 181 Å². The Morgan fingerprint density at radius 2 is 1.67 bits per heavy atom. The van der Waals surface area contributed by atoms with Crippen LogP contribution < -0.4 is 5.19 Å². The second-order valence-electron chi connectivity index (χ2n) is 7.73. The molecule has 0 aromatic heterocycles. The van der Waals surface area contributed by atoms with E-state index in [1.807, 2.05) is 13.8 Å². The van der Waals surface area contributed by atoms with Crippen LogP contribution in [0.1, 0.15) is 24.2 Å². The predicted octanol–water partition coefficient (Wildman–Crippen LogP) is 5.96. The van der Waals surface area contributed by atoms with Crippen LogP contribution in [0.2, 0.25) is 24.7 Å². The van der Waals surface area contributed by atoms with Gasteiger partial charge in [-0.05, 0) is 42.8 Å². The zero-order valence-electron chi connectivity index (χ0n) is 18.0. The lowest BCUT2D eigenvalue weighted by Crippen LogP contribution is -2.39. The highest BCUT2D eigenvalue weighted by atomic mass is 35.5. The van der Waals surface area contributed by atoms with Crippen molar-refractivity contribution in [2.75, 3.05) is 20.2 Å². The van der Waals surface area contributed by atoms with Crippen molar-refractivity contribution in [3.05, 3.63) is 46.5 Å². The van der Waals surface area contributed by atoms with E-state index in [0.29, 0.717) is 23.8 Å². The Morgan fingerprint density at radius 3 is 2.13 bits per heavy atom. The van der Waals surface area contributed by atoms with Crippen LogP contribution in [0.25, 0.3) is 11.1 Å². The van der Waals surface area contributed by atoms with Crippen LogP contribution in [0.4, 0.5) is 14.5 Å². The molecule has 0 fully saturated rings. The van der Waals surface area contributed by atoms with Crippen LogP contribution in [0.5, 0.6) is 0 Å². The fourth-order valence-electron chi connectivity index (χ4n) is 3.17. The lowest BCUT2D eigenvalue weighted by atomic mass is 9.97. The summed E-state index contributed by atoms with van der Waals surface area (Å²) in [6.07, 6.45) is 0. The Balaban J connectivity index is 3.01. The van der Waals surface area contributed by atoms with E-state index in [1.54, 1.807) is 5.01 Å². The maximum Gasteiger partial charge on any atom is 0.338 e. The Hall–Kier alpha value is -2.32. The lowest BCUT2D eigenvalue weighted by molar-refractivity contribution is 0.0601. The summed E-state index contributed by atoms with van der Waals surface area (Å²) < 4.78 is 33.0. The van der Waals surface area contributed by atoms with E-state index in [9.17, 15) is 13.6 Å². The van der Waals surface area contributed by atoms with Crippen LogP contribution >= 0.6 is 11.6 Å². The molecule has 30 heavy (non-hydrogen) atoms. The summed E-state index contributed by atoms with van der Waals surface area (Å²) >= 11 is 6.59. The third kappa shape index (κ3) is 5.23. The molecule has 0 heterocycles. The molecule has 0 aliphatic rings. The second-order valence-corrected chi connectivity index (χ2v) is 13.1. The van der Waals surface area contributed by atoms with Gasteiger partial charge in [0.2, 0.25) is 0 Å². The normalized spacial score (nSPS) is 11.8. The topological polar surface area (TPSA) is 54.3 Å². The molecule has 0 saturated heterocycles. The maximum absolute atomic E-state index is 14.1. The molecule has 0 bridgehead atoms. The van der Waals surface area contributed by atoms with E-state index in [4.69, 9.17) is 16.3 Å². The van der Waals surface area contributed by atoms with Gasteiger partial charge in [0, 0.05) is 29.7 Å². The summed E-state index contributed by atoms with van der Waals surface area (Å²) in [5, 5.41) is 11.5. The lowest BCUT2D eigenvalue weighted by Gasteiger charge is -2.24. The van der Waals surface area contributed by atoms with Gasteiger partial charge in [0.05, 0.1) is 26.4 Å². The van der Waals surface area contributed by atoms with Crippen LogP contribution in [0, 0.1) is 11.6 Å².